The molecule has 9 heteroatoms. The second-order valence-electron chi connectivity index (χ2n) is 11.2. The molecule has 3 nitrogen and oxygen atoms in total. The molecule has 0 aliphatic heterocycles. The Labute approximate surface area is 269 Å². The molecule has 4 aromatic carbocycles. The molecular weight excluding hydrogens is 787 g/mol. The van der Waals surface area contributed by atoms with Crippen molar-refractivity contribution in [3.05, 3.63) is 135 Å². The van der Waals surface area contributed by atoms with Crippen LogP contribution in [-0.4, -0.2) is 18.5 Å². The second kappa shape index (κ2) is 15.7. The van der Waals surface area contributed by atoms with Gasteiger partial charge < -0.3 is 0 Å². The average Bonchev–Trinajstić information content (AvgIpc) is 2.89. The van der Waals surface area contributed by atoms with E-state index in [1.54, 1.807) is 7.14 Å². The zero-order chi connectivity index (χ0) is 31.6. The molecule has 0 radical (unpaired) electrons. The Kier molecular flexibility index (Phi) is 13.5. The van der Waals surface area contributed by atoms with Gasteiger partial charge in [-0.3, -0.25) is 4.55 Å². The van der Waals surface area contributed by atoms with Crippen LogP contribution in [0, 0.1) is 14.3 Å². The van der Waals surface area contributed by atoms with Crippen molar-refractivity contribution < 1.29 is 68.6 Å². The molecule has 0 amide bonds. The van der Waals surface area contributed by atoms with Crippen molar-refractivity contribution >= 4 is 10.1 Å². The largest absolute Gasteiger partial charge is 0.522 e. The van der Waals surface area contributed by atoms with E-state index in [0.29, 0.717) is 0 Å². The Balaban J connectivity index is 0.000000249. The van der Waals surface area contributed by atoms with Crippen molar-refractivity contribution in [2.75, 3.05) is 0 Å². The first kappa shape index (κ1) is 36.2. The van der Waals surface area contributed by atoms with Gasteiger partial charge in [0.1, 0.15) is 0 Å². The zero-order valence-electron chi connectivity index (χ0n) is 24.5. The maximum atomic E-state index is 10.7. The van der Waals surface area contributed by atoms with E-state index < -0.39 is 15.6 Å². The van der Waals surface area contributed by atoms with Crippen LogP contribution in [-0.2, 0) is 20.9 Å². The molecule has 0 aromatic heterocycles. The van der Waals surface area contributed by atoms with Gasteiger partial charge in [-0.15, -0.1) is 0 Å². The minimum atomic E-state index is -5.84. The predicted octanol–water partition coefficient (Wildman–Crippen LogP) is 2.62. The van der Waals surface area contributed by atoms with Gasteiger partial charge in [-0.05, 0) is 47.2 Å². The van der Waals surface area contributed by atoms with Gasteiger partial charge in [0.25, 0.3) is 0 Å². The summed E-state index contributed by atoms with van der Waals surface area (Å²) in [4.78, 5) is 0. The summed E-state index contributed by atoms with van der Waals surface area (Å²) >= 11 is -0.118. The third kappa shape index (κ3) is 12.3. The minimum absolute atomic E-state index is 0.0287. The van der Waals surface area contributed by atoms with Gasteiger partial charge in [0.05, 0.1) is 0 Å². The molecule has 0 unspecified atom stereocenters. The van der Waals surface area contributed by atoms with Gasteiger partial charge in [0.2, 0.25) is 0 Å². The molecule has 0 atom stereocenters. The summed E-state index contributed by atoms with van der Waals surface area (Å²) in [5.74, 6) is 0. The number of halogens is 5. The molecule has 42 heavy (non-hydrogen) atoms. The molecule has 0 fully saturated rings. The predicted molar refractivity (Wildman–Crippen MR) is 156 cm³/mol. The summed E-state index contributed by atoms with van der Waals surface area (Å²) in [7, 11) is -5.84. The lowest BCUT2D eigenvalue weighted by atomic mass is 9.87. The standard InChI is InChI=1S/C20H26I.C12H10I.CHF3O3S/c1-19(2,3)15-11-7-9-13-17(15)21-18-14-10-8-12-16(18)20(4,5)6;1-3-7-11(8-4-1)13-12-9-5-2-6-10-12;2-1(3,4)8(5,6)7/h7-14H,1-6H3;1-10H;(H,5,6,7)/q2*+1;. The molecule has 0 aliphatic rings. The Morgan fingerprint density at radius 2 is 0.810 bits per heavy atom. The van der Waals surface area contributed by atoms with Crippen LogP contribution in [0.4, 0.5) is 13.2 Å². The summed E-state index contributed by atoms with van der Waals surface area (Å²) in [6.07, 6.45) is 0. The third-order valence-electron chi connectivity index (χ3n) is 5.54. The van der Waals surface area contributed by atoms with Crippen molar-refractivity contribution in [3.63, 3.8) is 0 Å². The van der Waals surface area contributed by atoms with E-state index in [9.17, 15) is 13.2 Å². The van der Waals surface area contributed by atoms with Gasteiger partial charge in [0, 0.05) is 11.1 Å². The van der Waals surface area contributed by atoms with Crippen molar-refractivity contribution in [2.45, 2.75) is 57.9 Å². The van der Waals surface area contributed by atoms with Crippen LogP contribution in [0.3, 0.4) is 0 Å². The maximum absolute atomic E-state index is 10.7. The number of rotatable bonds is 4. The van der Waals surface area contributed by atoms with Crippen LogP contribution in [0.25, 0.3) is 0 Å². The Morgan fingerprint density at radius 3 is 1.10 bits per heavy atom. The van der Waals surface area contributed by atoms with E-state index in [-0.39, 0.29) is 53.2 Å². The van der Waals surface area contributed by atoms with Crippen molar-refractivity contribution in [3.8, 4) is 0 Å². The molecule has 0 aliphatic carbocycles. The average molecular weight is 825 g/mol. The van der Waals surface area contributed by atoms with Crippen molar-refractivity contribution in [2.24, 2.45) is 0 Å². The number of benzene rings is 4. The highest BCUT2D eigenvalue weighted by molar-refractivity contribution is 7.86. The topological polar surface area (TPSA) is 54.4 Å². The fourth-order valence-electron chi connectivity index (χ4n) is 3.49. The summed E-state index contributed by atoms with van der Waals surface area (Å²) in [6, 6.07) is 39.4. The molecule has 0 saturated heterocycles. The molecular formula is C33H37F3I2O3S+2. The van der Waals surface area contributed by atoms with Crippen LogP contribution in [0.15, 0.2) is 109 Å². The molecule has 0 saturated carbocycles. The smallest absolute Gasteiger partial charge is 0.279 e. The summed E-state index contributed by atoms with van der Waals surface area (Å²) in [5.41, 5.74) is -2.10. The molecule has 0 heterocycles. The Morgan fingerprint density at radius 1 is 0.524 bits per heavy atom. The Bertz CT molecular complexity index is 1400. The first-order chi connectivity index (χ1) is 19.4. The van der Waals surface area contributed by atoms with Gasteiger partial charge in [0.15, 0.2) is 14.3 Å². The van der Waals surface area contributed by atoms with Gasteiger partial charge in [-0.25, -0.2) is 0 Å². The molecule has 4 rings (SSSR count). The SMILES string of the molecule is CC(C)(C)c1ccccc1[I+]c1ccccc1C(C)(C)C.O=S(=O)(O)C(F)(F)F.c1ccc([I+]c2ccccc2)cc1. The lowest BCUT2D eigenvalue weighted by Gasteiger charge is -2.20. The fourth-order valence-corrected chi connectivity index (χ4v) is 9.72. The van der Waals surface area contributed by atoms with Crippen LogP contribution >= 0.6 is 0 Å². The number of alkyl halides is 3. The van der Waals surface area contributed by atoms with Gasteiger partial charge in [-0.1, -0.05) is 114 Å². The summed E-state index contributed by atoms with van der Waals surface area (Å²) in [6.45, 7) is 13.9. The van der Waals surface area contributed by atoms with Crippen LogP contribution < -0.4 is 42.4 Å². The lowest BCUT2D eigenvalue weighted by Crippen LogP contribution is -3.62. The van der Waals surface area contributed by atoms with Gasteiger partial charge >= 0.3 is 58.0 Å². The van der Waals surface area contributed by atoms with Crippen molar-refractivity contribution in [1.82, 2.24) is 0 Å². The van der Waals surface area contributed by atoms with E-state index in [1.807, 2.05) is 0 Å². The van der Waals surface area contributed by atoms with E-state index in [0.717, 1.165) is 0 Å². The number of hydrogen-bond acceptors (Lipinski definition) is 2. The zero-order valence-corrected chi connectivity index (χ0v) is 29.6. The molecule has 4 aromatic rings. The maximum Gasteiger partial charge on any atom is 0.522 e. The van der Waals surface area contributed by atoms with E-state index in [1.165, 1.54) is 18.3 Å². The first-order valence-electron chi connectivity index (χ1n) is 13.0. The summed E-state index contributed by atoms with van der Waals surface area (Å²) in [5, 5.41) is 0. The van der Waals surface area contributed by atoms with E-state index in [4.69, 9.17) is 13.0 Å². The highest BCUT2D eigenvalue weighted by atomic mass is 127. The lowest BCUT2D eigenvalue weighted by molar-refractivity contribution is -0.599. The third-order valence-corrected chi connectivity index (χ3v) is 11.9. The van der Waals surface area contributed by atoms with Crippen LogP contribution in [0.5, 0.6) is 0 Å². The molecule has 226 valence electrons. The number of hydrogen-bond donors (Lipinski definition) is 1. The quantitative estimate of drug-likeness (QED) is 0.196. The van der Waals surface area contributed by atoms with Crippen molar-refractivity contribution in [1.29, 1.82) is 0 Å². The van der Waals surface area contributed by atoms with E-state index in [2.05, 4.69) is 151 Å². The van der Waals surface area contributed by atoms with Gasteiger partial charge in [-0.2, -0.15) is 21.6 Å². The first-order valence-corrected chi connectivity index (χ1v) is 18.8. The minimum Gasteiger partial charge on any atom is -0.279 e. The van der Waals surface area contributed by atoms with E-state index >= 15 is 0 Å². The molecule has 0 bridgehead atoms. The fraction of sp³-hybridized carbons (Fsp3) is 0.273. The summed E-state index contributed by atoms with van der Waals surface area (Å²) < 4.78 is 63.6. The highest BCUT2D eigenvalue weighted by Gasteiger charge is 2.44. The monoisotopic (exact) mass is 824 g/mol. The van der Waals surface area contributed by atoms with Crippen LogP contribution in [0.1, 0.15) is 52.7 Å². The molecule has 0 spiro atoms. The Hall–Kier alpha value is -1.96. The molecule has 1 N–H and O–H groups in total. The van der Waals surface area contributed by atoms with Crippen LogP contribution in [0.2, 0.25) is 0 Å². The highest BCUT2D eigenvalue weighted by Crippen LogP contribution is 2.23. The normalized spacial score (nSPS) is 12.0. The second-order valence-corrected chi connectivity index (χ2v) is 18.5.